The molecule has 5 rings (SSSR count). The van der Waals surface area contributed by atoms with E-state index in [4.69, 9.17) is 5.11 Å². The Morgan fingerprint density at radius 3 is 2.56 bits per heavy atom. The average Bonchev–Trinajstić information content (AvgIpc) is 3.38. The number of fused-ring (bicyclic) bond motifs is 2. The molecule has 1 atom stereocenters. The number of carbonyl (C=O) groups excluding carboxylic acids is 1. The minimum absolute atomic E-state index is 0.0787. The first kappa shape index (κ1) is 23.9. The summed E-state index contributed by atoms with van der Waals surface area (Å²) in [5, 5.41) is 9.13. The summed E-state index contributed by atoms with van der Waals surface area (Å²) in [6.45, 7) is 0.352. The molecule has 5 nitrogen and oxygen atoms in total. The van der Waals surface area contributed by atoms with E-state index >= 15 is 0 Å². The maximum absolute atomic E-state index is 13.0. The van der Waals surface area contributed by atoms with Crippen molar-refractivity contribution in [3.63, 3.8) is 0 Å². The van der Waals surface area contributed by atoms with E-state index in [1.165, 1.54) is 35.4 Å². The predicted molar refractivity (Wildman–Crippen MR) is 127 cm³/mol. The SMILES string of the molecule is O=C(O)CC1CCc2cc(CCc3cccc4c3CN(c3ccc(OC(F)(F)F)cc3)C4=O)ccc21. The van der Waals surface area contributed by atoms with Gasteiger partial charge in [-0.1, -0.05) is 30.3 Å². The number of benzene rings is 3. The molecule has 0 saturated heterocycles. The smallest absolute Gasteiger partial charge is 0.481 e. The minimum atomic E-state index is -4.77. The second-order valence-corrected chi connectivity index (χ2v) is 9.24. The summed E-state index contributed by atoms with van der Waals surface area (Å²) in [6, 6.07) is 17.2. The van der Waals surface area contributed by atoms with Crippen LogP contribution in [0.5, 0.6) is 5.75 Å². The fourth-order valence-electron chi connectivity index (χ4n) is 5.28. The summed E-state index contributed by atoms with van der Waals surface area (Å²) in [6.07, 6.45) is -1.35. The molecule has 1 N–H and O–H groups in total. The zero-order chi connectivity index (χ0) is 25.4. The molecule has 1 unspecified atom stereocenters. The summed E-state index contributed by atoms with van der Waals surface area (Å²) in [4.78, 5) is 25.7. The molecular formula is C28H24F3NO4. The monoisotopic (exact) mass is 495 g/mol. The zero-order valence-electron chi connectivity index (χ0n) is 19.3. The molecule has 3 aromatic rings. The normalized spacial score (nSPS) is 16.7. The highest BCUT2D eigenvalue weighted by Gasteiger charge is 2.32. The first-order valence-corrected chi connectivity index (χ1v) is 11.8. The molecule has 1 heterocycles. The van der Waals surface area contributed by atoms with Crippen LogP contribution < -0.4 is 9.64 Å². The maximum Gasteiger partial charge on any atom is 0.573 e. The lowest BCUT2D eigenvalue weighted by Crippen LogP contribution is -2.23. The highest BCUT2D eigenvalue weighted by atomic mass is 19.4. The summed E-state index contributed by atoms with van der Waals surface area (Å²) < 4.78 is 41.3. The van der Waals surface area contributed by atoms with Crippen LogP contribution in [0.4, 0.5) is 18.9 Å². The number of rotatable bonds is 7. The van der Waals surface area contributed by atoms with Gasteiger partial charge < -0.3 is 14.7 Å². The van der Waals surface area contributed by atoms with Crippen LogP contribution in [0.3, 0.4) is 0 Å². The van der Waals surface area contributed by atoms with Crippen LogP contribution in [0.1, 0.15) is 56.9 Å². The van der Waals surface area contributed by atoms with Crippen molar-refractivity contribution < 1.29 is 32.6 Å². The van der Waals surface area contributed by atoms with Crippen molar-refractivity contribution in [1.82, 2.24) is 0 Å². The van der Waals surface area contributed by atoms with Gasteiger partial charge in [0.05, 0.1) is 13.0 Å². The molecule has 3 aromatic carbocycles. The molecule has 0 aromatic heterocycles. The fourth-order valence-corrected chi connectivity index (χ4v) is 5.28. The molecule has 0 radical (unpaired) electrons. The number of carboxylic acid groups (broad SMARTS) is 1. The topological polar surface area (TPSA) is 66.8 Å². The number of aryl methyl sites for hydroxylation is 3. The van der Waals surface area contributed by atoms with Crippen LogP contribution >= 0.6 is 0 Å². The lowest BCUT2D eigenvalue weighted by Gasteiger charge is -2.17. The van der Waals surface area contributed by atoms with Crippen LogP contribution in [0.2, 0.25) is 0 Å². The number of hydrogen-bond acceptors (Lipinski definition) is 3. The van der Waals surface area contributed by atoms with E-state index in [-0.39, 0.29) is 24.0 Å². The van der Waals surface area contributed by atoms with Crippen molar-refractivity contribution in [2.24, 2.45) is 0 Å². The number of aliphatic carboxylic acids is 1. The zero-order valence-corrected chi connectivity index (χ0v) is 19.3. The standard InChI is InChI=1S/C28H24F3NO4/c29-28(30,31)36-22-11-9-21(10-12-22)32-16-25-18(2-1-3-24(25)27(32)35)6-4-17-5-13-23-19(14-17)7-8-20(23)15-26(33)34/h1-3,5,9-14,20H,4,6-8,15-16H2,(H,33,34). The number of anilines is 1. The molecule has 1 aliphatic carbocycles. The van der Waals surface area contributed by atoms with Gasteiger partial charge in [0, 0.05) is 11.3 Å². The van der Waals surface area contributed by atoms with Crippen molar-refractivity contribution in [2.45, 2.75) is 50.9 Å². The number of hydrogen-bond donors (Lipinski definition) is 1. The first-order valence-electron chi connectivity index (χ1n) is 11.8. The lowest BCUT2D eigenvalue weighted by molar-refractivity contribution is -0.274. The summed E-state index contributed by atoms with van der Waals surface area (Å²) in [5.41, 5.74) is 6.62. The number of ether oxygens (including phenoxy) is 1. The van der Waals surface area contributed by atoms with E-state index < -0.39 is 12.3 Å². The van der Waals surface area contributed by atoms with Gasteiger partial charge in [-0.25, -0.2) is 0 Å². The van der Waals surface area contributed by atoms with Gasteiger partial charge in [0.25, 0.3) is 5.91 Å². The number of carboxylic acids is 1. The lowest BCUT2D eigenvalue weighted by atomic mass is 9.94. The van der Waals surface area contributed by atoms with Crippen molar-refractivity contribution in [2.75, 3.05) is 4.90 Å². The fraction of sp³-hybridized carbons (Fsp3) is 0.286. The van der Waals surface area contributed by atoms with E-state index in [9.17, 15) is 22.8 Å². The van der Waals surface area contributed by atoms with Gasteiger partial charge in [0.2, 0.25) is 0 Å². The van der Waals surface area contributed by atoms with Crippen LogP contribution in [0, 0.1) is 0 Å². The number of carbonyl (C=O) groups is 2. The molecule has 1 aliphatic heterocycles. The third-order valence-corrected chi connectivity index (χ3v) is 6.96. The summed E-state index contributed by atoms with van der Waals surface area (Å²) in [7, 11) is 0. The molecule has 36 heavy (non-hydrogen) atoms. The van der Waals surface area contributed by atoms with Gasteiger partial charge >= 0.3 is 12.3 Å². The molecule has 8 heteroatoms. The second kappa shape index (κ2) is 9.33. The molecule has 1 amide bonds. The van der Waals surface area contributed by atoms with Gasteiger partial charge in [-0.3, -0.25) is 9.59 Å². The van der Waals surface area contributed by atoms with Crippen LogP contribution in [0.15, 0.2) is 60.7 Å². The third kappa shape index (κ3) is 4.94. The van der Waals surface area contributed by atoms with E-state index in [0.29, 0.717) is 17.8 Å². The number of alkyl halides is 3. The molecule has 0 bridgehead atoms. The van der Waals surface area contributed by atoms with Gasteiger partial charge in [-0.05, 0) is 89.8 Å². The molecule has 2 aliphatic rings. The highest BCUT2D eigenvalue weighted by Crippen LogP contribution is 2.37. The van der Waals surface area contributed by atoms with E-state index in [1.54, 1.807) is 11.0 Å². The minimum Gasteiger partial charge on any atom is -0.481 e. The molecule has 0 spiro atoms. The van der Waals surface area contributed by atoms with Crippen LogP contribution in [-0.4, -0.2) is 23.3 Å². The van der Waals surface area contributed by atoms with E-state index in [2.05, 4.69) is 22.9 Å². The Morgan fingerprint density at radius 2 is 1.83 bits per heavy atom. The number of amides is 1. The summed E-state index contributed by atoms with van der Waals surface area (Å²) >= 11 is 0. The average molecular weight is 495 g/mol. The molecule has 186 valence electrons. The van der Waals surface area contributed by atoms with Gasteiger partial charge in [0.1, 0.15) is 5.75 Å². The third-order valence-electron chi connectivity index (χ3n) is 6.96. The molecule has 0 saturated carbocycles. The van der Waals surface area contributed by atoms with Gasteiger partial charge in [-0.15, -0.1) is 13.2 Å². The number of nitrogens with zero attached hydrogens (tertiary/aromatic N) is 1. The number of halogens is 3. The van der Waals surface area contributed by atoms with Crippen molar-refractivity contribution in [3.05, 3.63) is 94.0 Å². The van der Waals surface area contributed by atoms with Crippen LogP contribution in [0.25, 0.3) is 0 Å². The van der Waals surface area contributed by atoms with E-state index in [0.717, 1.165) is 42.4 Å². The van der Waals surface area contributed by atoms with Gasteiger partial charge in [-0.2, -0.15) is 0 Å². The molecular weight excluding hydrogens is 471 g/mol. The Morgan fingerprint density at radius 1 is 1.06 bits per heavy atom. The largest absolute Gasteiger partial charge is 0.573 e. The highest BCUT2D eigenvalue weighted by molar-refractivity contribution is 6.10. The Hall–Kier alpha value is -3.81. The Bertz CT molecular complexity index is 1320. The van der Waals surface area contributed by atoms with Crippen LogP contribution in [-0.2, 0) is 30.6 Å². The molecule has 0 fully saturated rings. The van der Waals surface area contributed by atoms with E-state index in [1.807, 2.05) is 12.1 Å². The first-order chi connectivity index (χ1) is 17.2. The van der Waals surface area contributed by atoms with Gasteiger partial charge in [0.15, 0.2) is 0 Å². The summed E-state index contributed by atoms with van der Waals surface area (Å²) in [5.74, 6) is -1.21. The quantitative estimate of drug-likeness (QED) is 0.434. The second-order valence-electron chi connectivity index (χ2n) is 9.24. The Labute approximate surface area is 206 Å². The van der Waals surface area contributed by atoms with Crippen molar-refractivity contribution in [3.8, 4) is 5.75 Å². The Balaban J connectivity index is 1.29. The Kier molecular flexibility index (Phi) is 6.20. The maximum atomic E-state index is 13.0. The van der Waals surface area contributed by atoms with Crippen molar-refractivity contribution >= 4 is 17.6 Å². The van der Waals surface area contributed by atoms with Crippen molar-refractivity contribution in [1.29, 1.82) is 0 Å². The predicted octanol–water partition coefficient (Wildman–Crippen LogP) is 6.04.